The molecule has 74 heavy (non-hydrogen) atoms. The minimum atomic E-state index is -0.781. The van der Waals surface area contributed by atoms with E-state index in [1.54, 1.807) is 0 Å². The van der Waals surface area contributed by atoms with Gasteiger partial charge in [-0.25, -0.2) is 0 Å². The monoisotopic (exact) mass is 1030 g/mol. The fourth-order valence-electron chi connectivity index (χ4n) is 8.86. The van der Waals surface area contributed by atoms with Gasteiger partial charge in [-0.1, -0.05) is 290 Å². The van der Waals surface area contributed by atoms with Crippen LogP contribution in [0.4, 0.5) is 0 Å². The summed E-state index contributed by atoms with van der Waals surface area (Å²) in [7, 11) is 0. The fraction of sp³-hybridized carbons (Fsp3) is 0.710. The van der Waals surface area contributed by atoms with Crippen LogP contribution < -0.4 is 0 Å². The number of unbranched alkanes of at least 4 members (excludes halogenated alkanes) is 31. The van der Waals surface area contributed by atoms with Crippen molar-refractivity contribution >= 4 is 11.9 Å². The summed E-state index contributed by atoms with van der Waals surface area (Å²) >= 11 is 0. The quantitative estimate of drug-likeness (QED) is 0.0373. The summed E-state index contributed by atoms with van der Waals surface area (Å²) in [6.45, 7) is 4.04. The van der Waals surface area contributed by atoms with E-state index < -0.39 is 6.10 Å². The Morgan fingerprint density at radius 3 is 0.878 bits per heavy atom. The zero-order valence-electron chi connectivity index (χ0n) is 48.6. The summed E-state index contributed by atoms with van der Waals surface area (Å²) in [5, 5.41) is 9.68. The molecule has 0 fully saturated rings. The molecule has 0 aromatic carbocycles. The smallest absolute Gasteiger partial charge is 0.306 e. The van der Waals surface area contributed by atoms with Gasteiger partial charge in [-0.15, -0.1) is 0 Å². The van der Waals surface area contributed by atoms with Crippen LogP contribution in [-0.4, -0.2) is 36.4 Å². The average Bonchev–Trinajstić information content (AvgIpc) is 3.40. The summed E-state index contributed by atoms with van der Waals surface area (Å²) < 4.78 is 10.7. The van der Waals surface area contributed by atoms with Crippen molar-refractivity contribution in [3.63, 3.8) is 0 Å². The first-order chi connectivity index (χ1) is 36.6. The Bertz CT molecular complexity index is 1440. The first-order valence-electron chi connectivity index (χ1n) is 31.4. The fourth-order valence-corrected chi connectivity index (χ4v) is 8.86. The first-order valence-corrected chi connectivity index (χ1v) is 31.4. The van der Waals surface area contributed by atoms with Gasteiger partial charge in [-0.3, -0.25) is 9.59 Å². The van der Waals surface area contributed by atoms with Crippen LogP contribution in [0, 0.1) is 0 Å². The molecule has 0 amide bonds. The minimum Gasteiger partial charge on any atom is -0.462 e. The van der Waals surface area contributed by atoms with Gasteiger partial charge < -0.3 is 14.6 Å². The van der Waals surface area contributed by atoms with Crippen LogP contribution in [0.25, 0.3) is 0 Å². The molecule has 5 heteroatoms. The first kappa shape index (κ1) is 70.6. The third-order valence-electron chi connectivity index (χ3n) is 13.6. The number of esters is 2. The topological polar surface area (TPSA) is 72.8 Å². The van der Waals surface area contributed by atoms with Gasteiger partial charge in [-0.2, -0.15) is 0 Å². The van der Waals surface area contributed by atoms with Crippen molar-refractivity contribution in [2.75, 3.05) is 13.2 Å². The lowest BCUT2D eigenvalue weighted by Crippen LogP contribution is -2.28. The van der Waals surface area contributed by atoms with E-state index in [9.17, 15) is 14.7 Å². The highest BCUT2D eigenvalue weighted by molar-refractivity contribution is 5.70. The van der Waals surface area contributed by atoms with Crippen LogP contribution in [0.15, 0.2) is 109 Å². The van der Waals surface area contributed by atoms with Crippen LogP contribution in [0.5, 0.6) is 0 Å². The number of hydrogen-bond acceptors (Lipinski definition) is 5. The van der Waals surface area contributed by atoms with Crippen molar-refractivity contribution < 1.29 is 24.2 Å². The zero-order valence-corrected chi connectivity index (χ0v) is 48.6. The molecule has 0 spiro atoms. The minimum absolute atomic E-state index is 0.0699. The molecule has 0 aromatic heterocycles. The summed E-state index contributed by atoms with van der Waals surface area (Å²) in [5.74, 6) is -0.589. The molecule has 0 heterocycles. The normalized spacial score (nSPS) is 13.0. The highest BCUT2D eigenvalue weighted by atomic mass is 16.6. The van der Waals surface area contributed by atoms with E-state index in [1.807, 2.05) is 0 Å². The molecule has 0 saturated carbocycles. The number of rotatable bonds is 57. The molecular weight excluding hydrogens is 909 g/mol. The number of carbonyl (C=O) groups is 2. The standard InChI is InChI=1S/C69H118O5/c1-3-5-7-9-11-13-15-17-19-21-23-25-27-29-31-32-33-34-35-36-38-40-42-44-46-48-50-52-54-56-58-60-62-64-69(72)74-67(65-70)66-73-68(71)63-61-59-57-55-53-51-49-47-45-43-41-39-37-30-28-26-24-22-20-18-16-14-12-10-8-6-4-2/h5,7,11,13,16-19,22-25,29,31,33-34,36,38,67,70H,3-4,6,8-10,12,14-15,20-21,26-28,30,32,35,37,39-66H2,1-2H3/b7-5-,13-11-,18-16-,19-17-,24-22-,25-23-,31-29-,34-33-,38-36-. The van der Waals surface area contributed by atoms with Crippen molar-refractivity contribution in [2.24, 2.45) is 0 Å². The van der Waals surface area contributed by atoms with Gasteiger partial charge in [0.25, 0.3) is 0 Å². The molecule has 0 aliphatic heterocycles. The van der Waals surface area contributed by atoms with E-state index >= 15 is 0 Å². The van der Waals surface area contributed by atoms with E-state index in [4.69, 9.17) is 9.47 Å². The van der Waals surface area contributed by atoms with Gasteiger partial charge in [0.2, 0.25) is 0 Å². The molecule has 0 bridgehead atoms. The Kier molecular flexibility index (Phi) is 60.9. The molecule has 0 saturated heterocycles. The van der Waals surface area contributed by atoms with E-state index in [-0.39, 0.29) is 25.2 Å². The molecule has 5 nitrogen and oxygen atoms in total. The third-order valence-corrected chi connectivity index (χ3v) is 13.6. The number of ether oxygens (including phenoxy) is 2. The zero-order chi connectivity index (χ0) is 53.4. The second-order valence-electron chi connectivity index (χ2n) is 20.8. The van der Waals surface area contributed by atoms with E-state index in [0.717, 1.165) is 89.9 Å². The molecule has 0 rings (SSSR count). The highest BCUT2D eigenvalue weighted by Crippen LogP contribution is 2.16. The van der Waals surface area contributed by atoms with Crippen LogP contribution >= 0.6 is 0 Å². The molecule has 1 atom stereocenters. The maximum absolute atomic E-state index is 12.3. The van der Waals surface area contributed by atoms with Crippen LogP contribution in [0.2, 0.25) is 0 Å². The Labute approximate surface area is 459 Å². The lowest BCUT2D eigenvalue weighted by Gasteiger charge is -2.15. The van der Waals surface area contributed by atoms with E-state index in [2.05, 4.69) is 123 Å². The summed E-state index contributed by atoms with van der Waals surface area (Å²) in [6.07, 6.45) is 92.2. The van der Waals surface area contributed by atoms with Gasteiger partial charge >= 0.3 is 11.9 Å². The highest BCUT2D eigenvalue weighted by Gasteiger charge is 2.16. The third kappa shape index (κ3) is 61.1. The molecule has 0 radical (unpaired) electrons. The Balaban J connectivity index is 3.51. The largest absolute Gasteiger partial charge is 0.462 e. The van der Waals surface area contributed by atoms with Crippen molar-refractivity contribution in [3.8, 4) is 0 Å². The lowest BCUT2D eigenvalue weighted by molar-refractivity contribution is -0.161. The molecular formula is C69H118O5. The van der Waals surface area contributed by atoms with Crippen molar-refractivity contribution in [3.05, 3.63) is 109 Å². The summed E-state index contributed by atoms with van der Waals surface area (Å²) in [6, 6.07) is 0. The molecule has 1 N–H and O–H groups in total. The number of aliphatic hydroxyl groups is 1. The van der Waals surface area contributed by atoms with Crippen molar-refractivity contribution in [1.82, 2.24) is 0 Å². The van der Waals surface area contributed by atoms with Gasteiger partial charge in [0, 0.05) is 12.8 Å². The molecule has 0 aliphatic rings. The number of hydrogen-bond donors (Lipinski definition) is 1. The van der Waals surface area contributed by atoms with Crippen LogP contribution in [-0.2, 0) is 19.1 Å². The Hall–Kier alpha value is -3.44. The number of allylic oxidation sites excluding steroid dienone is 18. The van der Waals surface area contributed by atoms with Gasteiger partial charge in [0.05, 0.1) is 6.61 Å². The predicted octanol–water partition coefficient (Wildman–Crippen LogP) is 21.6. The molecule has 0 aliphatic carbocycles. The van der Waals surface area contributed by atoms with Crippen LogP contribution in [0.3, 0.4) is 0 Å². The Morgan fingerprint density at radius 2 is 0.581 bits per heavy atom. The summed E-state index contributed by atoms with van der Waals surface area (Å²) in [5.41, 5.74) is 0. The Morgan fingerprint density at radius 1 is 0.324 bits per heavy atom. The lowest BCUT2D eigenvalue weighted by atomic mass is 10.0. The predicted molar refractivity (Wildman–Crippen MR) is 325 cm³/mol. The maximum Gasteiger partial charge on any atom is 0.306 e. The summed E-state index contributed by atoms with van der Waals surface area (Å²) in [4.78, 5) is 24.6. The number of carbonyl (C=O) groups excluding carboxylic acids is 2. The van der Waals surface area contributed by atoms with E-state index in [1.165, 1.54) is 180 Å². The van der Waals surface area contributed by atoms with Crippen LogP contribution in [0.1, 0.15) is 296 Å². The van der Waals surface area contributed by atoms with Crippen molar-refractivity contribution in [2.45, 2.75) is 302 Å². The van der Waals surface area contributed by atoms with Gasteiger partial charge in [0.1, 0.15) is 6.61 Å². The second kappa shape index (κ2) is 63.8. The number of aliphatic hydroxyl groups excluding tert-OH is 1. The molecule has 1 unspecified atom stereocenters. The van der Waals surface area contributed by atoms with Gasteiger partial charge in [-0.05, 0) is 103 Å². The molecule has 424 valence electrons. The second-order valence-corrected chi connectivity index (χ2v) is 20.8. The SMILES string of the molecule is CC/C=C\C/C=C\C/C=C\C/C=C\C/C=C\C/C=C\C/C=C\CCCCCCCCCCCCCC(=O)OC(CO)COC(=O)CCCCCCCCCCCCCCCCC/C=C\C/C=C\CCCCCCC. The van der Waals surface area contributed by atoms with Crippen molar-refractivity contribution in [1.29, 1.82) is 0 Å². The molecule has 0 aromatic rings. The van der Waals surface area contributed by atoms with E-state index in [0.29, 0.717) is 12.8 Å². The average molecular weight is 1030 g/mol. The van der Waals surface area contributed by atoms with Gasteiger partial charge in [0.15, 0.2) is 6.10 Å². The maximum atomic E-state index is 12.3.